The second-order valence-corrected chi connectivity index (χ2v) is 5.35. The molecule has 0 aliphatic heterocycles. The van der Waals surface area contributed by atoms with Crippen molar-refractivity contribution in [1.82, 2.24) is 4.90 Å². The second-order valence-electron chi connectivity index (χ2n) is 5.35. The van der Waals surface area contributed by atoms with Gasteiger partial charge in [-0.3, -0.25) is 0 Å². The van der Waals surface area contributed by atoms with Gasteiger partial charge in [0, 0.05) is 19.1 Å². The molecule has 19 heavy (non-hydrogen) atoms. The van der Waals surface area contributed by atoms with Crippen LogP contribution in [0.25, 0.3) is 0 Å². The molecule has 0 spiro atoms. The highest BCUT2D eigenvalue weighted by Gasteiger charge is 2.16. The van der Waals surface area contributed by atoms with Gasteiger partial charge in [-0.2, -0.15) is 0 Å². The minimum atomic E-state index is 0.461. The lowest BCUT2D eigenvalue weighted by Crippen LogP contribution is -2.42. The molecular weight excluding hydrogens is 236 g/mol. The van der Waals surface area contributed by atoms with Crippen LogP contribution in [0.4, 0.5) is 0 Å². The maximum Gasteiger partial charge on any atom is 0.119 e. The molecule has 1 atom stereocenters. The van der Waals surface area contributed by atoms with Gasteiger partial charge in [-0.05, 0) is 44.0 Å². The predicted octanol–water partition coefficient (Wildman–Crippen LogP) is 2.54. The highest BCUT2D eigenvalue weighted by atomic mass is 16.5. The fourth-order valence-corrected chi connectivity index (χ4v) is 2.35. The quantitative estimate of drug-likeness (QED) is 0.784. The van der Waals surface area contributed by atoms with Gasteiger partial charge in [0.05, 0.1) is 6.61 Å². The second kappa shape index (κ2) is 8.18. The molecule has 1 unspecified atom stereocenters. The first kappa shape index (κ1) is 16.0. The lowest BCUT2D eigenvalue weighted by atomic mass is 10.0. The Labute approximate surface area is 117 Å². The Morgan fingerprint density at radius 1 is 1.21 bits per heavy atom. The van der Waals surface area contributed by atoms with E-state index in [0.717, 1.165) is 25.3 Å². The van der Waals surface area contributed by atoms with Crippen LogP contribution < -0.4 is 10.5 Å². The first-order valence-corrected chi connectivity index (χ1v) is 7.20. The first-order valence-electron chi connectivity index (χ1n) is 7.20. The van der Waals surface area contributed by atoms with Crippen molar-refractivity contribution >= 4 is 0 Å². The molecule has 1 aromatic rings. The third-order valence-corrected chi connectivity index (χ3v) is 3.56. The molecular formula is C16H28N2O. The van der Waals surface area contributed by atoms with Crippen LogP contribution in [0.5, 0.6) is 5.75 Å². The van der Waals surface area contributed by atoms with Crippen molar-refractivity contribution in [2.24, 2.45) is 11.7 Å². The molecule has 3 heteroatoms. The molecule has 0 heterocycles. The van der Waals surface area contributed by atoms with Gasteiger partial charge in [0.25, 0.3) is 0 Å². The molecule has 0 saturated heterocycles. The number of ether oxygens (including phenoxy) is 1. The summed E-state index contributed by atoms with van der Waals surface area (Å²) in [4.78, 5) is 2.36. The third kappa shape index (κ3) is 5.21. The Kier molecular flexibility index (Phi) is 6.89. The fraction of sp³-hybridized carbons (Fsp3) is 0.625. The maximum atomic E-state index is 5.84. The summed E-state index contributed by atoms with van der Waals surface area (Å²) in [6.45, 7) is 8.93. The van der Waals surface area contributed by atoms with E-state index in [0.29, 0.717) is 18.6 Å². The largest absolute Gasteiger partial charge is 0.494 e. The number of hydrogen-bond acceptors (Lipinski definition) is 3. The van der Waals surface area contributed by atoms with Gasteiger partial charge in [0.2, 0.25) is 0 Å². The van der Waals surface area contributed by atoms with Crippen LogP contribution in [-0.2, 0) is 6.42 Å². The third-order valence-electron chi connectivity index (χ3n) is 3.56. The van der Waals surface area contributed by atoms with E-state index >= 15 is 0 Å². The molecule has 1 rings (SSSR count). The highest BCUT2D eigenvalue weighted by molar-refractivity contribution is 5.27. The zero-order valence-electron chi connectivity index (χ0n) is 12.7. The summed E-state index contributed by atoms with van der Waals surface area (Å²) in [6.07, 6.45) is 1.05. The molecule has 0 fully saturated rings. The number of benzene rings is 1. The Bertz CT molecular complexity index is 348. The van der Waals surface area contributed by atoms with E-state index in [1.54, 1.807) is 0 Å². The van der Waals surface area contributed by atoms with Gasteiger partial charge in [-0.25, -0.2) is 0 Å². The molecule has 0 amide bonds. The van der Waals surface area contributed by atoms with Crippen molar-refractivity contribution in [1.29, 1.82) is 0 Å². The van der Waals surface area contributed by atoms with Gasteiger partial charge in [0.15, 0.2) is 0 Å². The molecule has 0 radical (unpaired) electrons. The summed E-state index contributed by atoms with van der Waals surface area (Å²) < 4.78 is 5.45. The van der Waals surface area contributed by atoms with Gasteiger partial charge in [-0.15, -0.1) is 0 Å². The van der Waals surface area contributed by atoms with Gasteiger partial charge >= 0.3 is 0 Å². The van der Waals surface area contributed by atoms with E-state index < -0.39 is 0 Å². The Morgan fingerprint density at radius 3 is 2.32 bits per heavy atom. The van der Waals surface area contributed by atoms with Crippen molar-refractivity contribution in [2.75, 3.05) is 26.7 Å². The van der Waals surface area contributed by atoms with Gasteiger partial charge in [0.1, 0.15) is 5.75 Å². The average molecular weight is 264 g/mol. The van der Waals surface area contributed by atoms with Crippen LogP contribution in [0.2, 0.25) is 0 Å². The smallest absolute Gasteiger partial charge is 0.119 e. The molecule has 1 aromatic carbocycles. The highest BCUT2D eigenvalue weighted by Crippen LogP contribution is 2.14. The lowest BCUT2D eigenvalue weighted by Gasteiger charge is -2.30. The summed E-state index contributed by atoms with van der Waals surface area (Å²) >= 11 is 0. The van der Waals surface area contributed by atoms with E-state index in [2.05, 4.69) is 37.9 Å². The molecule has 0 aromatic heterocycles. The molecule has 0 bridgehead atoms. The van der Waals surface area contributed by atoms with Gasteiger partial charge in [-0.1, -0.05) is 26.0 Å². The van der Waals surface area contributed by atoms with E-state index in [-0.39, 0.29) is 0 Å². The molecule has 3 nitrogen and oxygen atoms in total. The maximum absolute atomic E-state index is 5.84. The molecule has 0 aliphatic carbocycles. The normalized spacial score (nSPS) is 13.0. The number of nitrogens with two attached hydrogens (primary N) is 1. The topological polar surface area (TPSA) is 38.5 Å². The Hall–Kier alpha value is -1.06. The summed E-state index contributed by atoms with van der Waals surface area (Å²) in [5.74, 6) is 1.54. The molecule has 0 saturated carbocycles. The number of hydrogen-bond donors (Lipinski definition) is 1. The summed E-state index contributed by atoms with van der Waals surface area (Å²) in [5.41, 5.74) is 7.18. The van der Waals surface area contributed by atoms with E-state index in [1.165, 1.54) is 5.56 Å². The average Bonchev–Trinajstić information content (AvgIpc) is 2.38. The monoisotopic (exact) mass is 264 g/mol. The van der Waals surface area contributed by atoms with Crippen LogP contribution in [0.1, 0.15) is 26.3 Å². The van der Waals surface area contributed by atoms with Crippen molar-refractivity contribution in [3.8, 4) is 5.75 Å². The van der Waals surface area contributed by atoms with Crippen LogP contribution in [0.3, 0.4) is 0 Å². The van der Waals surface area contributed by atoms with Crippen LogP contribution >= 0.6 is 0 Å². The number of likely N-dealkylation sites (N-methyl/N-ethyl adjacent to an activating group) is 1. The predicted molar refractivity (Wildman–Crippen MR) is 81.6 cm³/mol. The van der Waals surface area contributed by atoms with Crippen molar-refractivity contribution < 1.29 is 4.74 Å². The van der Waals surface area contributed by atoms with Crippen LogP contribution in [0, 0.1) is 5.92 Å². The zero-order valence-corrected chi connectivity index (χ0v) is 12.7. The summed E-state index contributed by atoms with van der Waals surface area (Å²) in [6, 6.07) is 8.84. The number of nitrogens with zero attached hydrogens (tertiary/aromatic N) is 1. The van der Waals surface area contributed by atoms with Crippen LogP contribution in [0.15, 0.2) is 24.3 Å². The number of rotatable bonds is 8. The zero-order chi connectivity index (χ0) is 14.3. The van der Waals surface area contributed by atoms with E-state index in [1.807, 2.05) is 19.1 Å². The summed E-state index contributed by atoms with van der Waals surface area (Å²) in [5, 5.41) is 0. The molecule has 0 aliphatic rings. The van der Waals surface area contributed by atoms with E-state index in [4.69, 9.17) is 10.5 Å². The molecule has 2 N–H and O–H groups in total. The fourth-order valence-electron chi connectivity index (χ4n) is 2.35. The SMILES string of the molecule is CCOc1ccc(CCN(C)C(CN)C(C)C)cc1. The standard InChI is InChI=1S/C16H28N2O/c1-5-19-15-8-6-14(7-9-15)10-11-18(4)16(12-17)13(2)3/h6-9,13,16H,5,10-12,17H2,1-4H3. The van der Waals surface area contributed by atoms with Crippen molar-refractivity contribution in [2.45, 2.75) is 33.2 Å². The van der Waals surface area contributed by atoms with E-state index in [9.17, 15) is 0 Å². The van der Waals surface area contributed by atoms with Gasteiger partial charge < -0.3 is 15.4 Å². The minimum absolute atomic E-state index is 0.461. The van der Waals surface area contributed by atoms with Crippen LogP contribution in [-0.4, -0.2) is 37.7 Å². The first-order chi connectivity index (χ1) is 9.08. The lowest BCUT2D eigenvalue weighted by molar-refractivity contribution is 0.199. The summed E-state index contributed by atoms with van der Waals surface area (Å²) in [7, 11) is 2.16. The molecule has 108 valence electrons. The Balaban J connectivity index is 2.47. The Morgan fingerprint density at radius 2 is 1.84 bits per heavy atom. The minimum Gasteiger partial charge on any atom is -0.494 e. The van der Waals surface area contributed by atoms with Crippen molar-refractivity contribution in [3.63, 3.8) is 0 Å². The van der Waals surface area contributed by atoms with Crippen molar-refractivity contribution in [3.05, 3.63) is 29.8 Å².